The van der Waals surface area contributed by atoms with E-state index in [4.69, 9.17) is 0 Å². The Balaban J connectivity index is 2.53. The minimum absolute atomic E-state index is 0.0185. The van der Waals surface area contributed by atoms with E-state index in [9.17, 15) is 9.70 Å². The summed E-state index contributed by atoms with van der Waals surface area (Å²) in [6.45, 7) is 1.70. The fourth-order valence-corrected chi connectivity index (χ4v) is 0.490. The molecule has 0 aromatic carbocycles. The third-order valence-electron chi connectivity index (χ3n) is 1.22. The highest BCUT2D eigenvalue weighted by atomic mass is 16.3. The first-order valence-electron chi connectivity index (χ1n) is 2.13. The molecule has 0 aromatic rings. The van der Waals surface area contributed by atoms with E-state index >= 15 is 0 Å². The molecular weight excluding hydrogens is 94.0 g/mol. The van der Waals surface area contributed by atoms with Crippen LogP contribution in [0.3, 0.4) is 0 Å². The molecule has 1 aliphatic carbocycles. The average molecular weight is 99.1 g/mol. The Hall–Kier alpha value is -0.730. The summed E-state index contributed by atoms with van der Waals surface area (Å²) in [5.41, 5.74) is 0. The van der Waals surface area contributed by atoms with E-state index in [1.165, 1.54) is 0 Å². The fraction of sp³-hybridized carbons (Fsp3) is 0.750. The molecule has 3 nitrogen and oxygen atoms in total. The Bertz CT molecular complexity index is 121. The molecule has 0 aliphatic heterocycles. The summed E-state index contributed by atoms with van der Waals surface area (Å²) in [5, 5.41) is 2.56. The van der Waals surface area contributed by atoms with Gasteiger partial charge in [-0.1, -0.05) is 12.1 Å². The van der Waals surface area contributed by atoms with Gasteiger partial charge in [-0.3, -0.25) is 4.79 Å². The summed E-state index contributed by atoms with van der Waals surface area (Å²) in [6.07, 6.45) is 0. The maximum Gasteiger partial charge on any atom is 0.167 e. The molecule has 0 aromatic heterocycles. The average Bonchev–Trinajstić information content (AvgIpc) is 2.17. The van der Waals surface area contributed by atoms with Crippen LogP contribution in [0.5, 0.6) is 0 Å². The Labute approximate surface area is 40.7 Å². The van der Waals surface area contributed by atoms with Gasteiger partial charge in [-0.2, -0.15) is 4.91 Å². The normalized spacial score (nSPS) is 38.1. The van der Waals surface area contributed by atoms with Crippen LogP contribution in [-0.4, -0.2) is 11.8 Å². The van der Waals surface area contributed by atoms with Crippen LogP contribution >= 0.6 is 0 Å². The number of carbonyl (C=O) groups is 1. The van der Waals surface area contributed by atoms with Crippen LogP contribution in [-0.2, 0) is 4.79 Å². The van der Waals surface area contributed by atoms with Gasteiger partial charge in [0.05, 0.1) is 5.92 Å². The maximum absolute atomic E-state index is 10.2. The molecular formula is C4H5NO2. The Morgan fingerprint density at radius 3 is 2.14 bits per heavy atom. The SMILES string of the molecule is CC1C(=O)C1N=O. The zero-order valence-corrected chi connectivity index (χ0v) is 3.92. The largest absolute Gasteiger partial charge is 0.297 e. The molecule has 0 amide bonds. The summed E-state index contributed by atoms with van der Waals surface area (Å²) in [7, 11) is 0. The van der Waals surface area contributed by atoms with Gasteiger partial charge in [0.15, 0.2) is 11.8 Å². The number of hydrogen-bond acceptors (Lipinski definition) is 3. The summed E-state index contributed by atoms with van der Waals surface area (Å²) in [4.78, 5) is 19.7. The van der Waals surface area contributed by atoms with Crippen molar-refractivity contribution in [3.05, 3.63) is 4.91 Å². The number of hydrogen-bond donors (Lipinski definition) is 0. The summed E-state index contributed by atoms with van der Waals surface area (Å²) >= 11 is 0. The predicted molar refractivity (Wildman–Crippen MR) is 23.8 cm³/mol. The quantitative estimate of drug-likeness (QED) is 0.445. The van der Waals surface area contributed by atoms with Gasteiger partial charge in [0.1, 0.15) is 0 Å². The number of carbonyl (C=O) groups excluding carboxylic acids is 1. The molecule has 38 valence electrons. The van der Waals surface area contributed by atoms with Gasteiger partial charge in [-0.05, 0) is 0 Å². The minimum Gasteiger partial charge on any atom is -0.297 e. The number of Topliss-reactive ketones (excluding diaryl/α,β-unsaturated/α-hetero) is 1. The molecule has 0 spiro atoms. The molecule has 2 unspecified atom stereocenters. The van der Waals surface area contributed by atoms with Crippen molar-refractivity contribution >= 4 is 5.78 Å². The van der Waals surface area contributed by atoms with Crippen LogP contribution < -0.4 is 0 Å². The third-order valence-corrected chi connectivity index (χ3v) is 1.22. The summed E-state index contributed by atoms with van der Waals surface area (Å²) in [6, 6.07) is -0.500. The first kappa shape index (κ1) is 4.43. The Kier molecular flexibility index (Phi) is 0.708. The van der Waals surface area contributed by atoms with E-state index in [2.05, 4.69) is 5.18 Å². The number of nitroso groups, excluding NO2 is 1. The van der Waals surface area contributed by atoms with E-state index in [0.717, 1.165) is 0 Å². The van der Waals surface area contributed by atoms with E-state index in [0.29, 0.717) is 0 Å². The highest BCUT2D eigenvalue weighted by Crippen LogP contribution is 2.26. The fourth-order valence-electron chi connectivity index (χ4n) is 0.490. The van der Waals surface area contributed by atoms with Crippen molar-refractivity contribution in [3.8, 4) is 0 Å². The van der Waals surface area contributed by atoms with Crippen LogP contribution in [0, 0.1) is 10.8 Å². The van der Waals surface area contributed by atoms with Crippen molar-refractivity contribution in [3.63, 3.8) is 0 Å². The molecule has 0 N–H and O–H groups in total. The lowest BCUT2D eigenvalue weighted by molar-refractivity contribution is -0.111. The highest BCUT2D eigenvalue weighted by Gasteiger charge is 2.47. The van der Waals surface area contributed by atoms with Gasteiger partial charge in [0.2, 0.25) is 0 Å². The highest BCUT2D eigenvalue weighted by molar-refractivity contribution is 6.02. The predicted octanol–water partition coefficient (Wildman–Crippen LogP) is 0.340. The van der Waals surface area contributed by atoms with E-state index in [1.54, 1.807) is 6.92 Å². The van der Waals surface area contributed by atoms with Crippen LogP contribution in [0.15, 0.2) is 5.18 Å². The Morgan fingerprint density at radius 2 is 2.14 bits per heavy atom. The van der Waals surface area contributed by atoms with Crippen molar-refractivity contribution in [1.29, 1.82) is 0 Å². The summed E-state index contributed by atoms with van der Waals surface area (Å²) < 4.78 is 0. The van der Waals surface area contributed by atoms with Gasteiger partial charge in [-0.25, -0.2) is 0 Å². The molecule has 2 atom stereocenters. The van der Waals surface area contributed by atoms with Gasteiger partial charge >= 0.3 is 0 Å². The van der Waals surface area contributed by atoms with Crippen molar-refractivity contribution in [2.45, 2.75) is 13.0 Å². The number of nitrogens with zero attached hydrogens (tertiary/aromatic N) is 1. The van der Waals surface area contributed by atoms with Gasteiger partial charge in [0, 0.05) is 0 Å². The number of ketones is 1. The van der Waals surface area contributed by atoms with Gasteiger partial charge in [-0.15, -0.1) is 0 Å². The smallest absolute Gasteiger partial charge is 0.167 e. The van der Waals surface area contributed by atoms with Crippen molar-refractivity contribution < 1.29 is 4.79 Å². The molecule has 3 heteroatoms. The molecule has 0 saturated heterocycles. The maximum atomic E-state index is 10.2. The van der Waals surface area contributed by atoms with Crippen LogP contribution in [0.4, 0.5) is 0 Å². The second kappa shape index (κ2) is 1.12. The molecule has 1 rings (SSSR count). The lowest BCUT2D eigenvalue weighted by atomic mass is 10.5. The van der Waals surface area contributed by atoms with Crippen LogP contribution in [0.25, 0.3) is 0 Å². The van der Waals surface area contributed by atoms with E-state index in [1.807, 2.05) is 0 Å². The second-order valence-electron chi connectivity index (χ2n) is 1.74. The summed E-state index contributed by atoms with van der Waals surface area (Å²) in [5.74, 6) is -0.104. The molecule has 1 aliphatic rings. The lowest BCUT2D eigenvalue weighted by Crippen LogP contribution is -1.74. The number of rotatable bonds is 1. The van der Waals surface area contributed by atoms with Crippen molar-refractivity contribution in [1.82, 2.24) is 0 Å². The molecule has 1 fully saturated rings. The van der Waals surface area contributed by atoms with E-state index < -0.39 is 6.04 Å². The van der Waals surface area contributed by atoms with Gasteiger partial charge in [0.25, 0.3) is 0 Å². The zero-order chi connectivity index (χ0) is 5.44. The van der Waals surface area contributed by atoms with Gasteiger partial charge < -0.3 is 0 Å². The molecule has 1 saturated carbocycles. The topological polar surface area (TPSA) is 46.5 Å². The first-order valence-corrected chi connectivity index (χ1v) is 2.13. The van der Waals surface area contributed by atoms with Crippen LogP contribution in [0.1, 0.15) is 6.92 Å². The monoisotopic (exact) mass is 99.0 g/mol. The Morgan fingerprint density at radius 1 is 1.71 bits per heavy atom. The lowest BCUT2D eigenvalue weighted by Gasteiger charge is -1.62. The van der Waals surface area contributed by atoms with E-state index in [-0.39, 0.29) is 11.7 Å². The molecule has 0 bridgehead atoms. The first-order chi connectivity index (χ1) is 3.27. The van der Waals surface area contributed by atoms with Crippen molar-refractivity contribution in [2.75, 3.05) is 0 Å². The van der Waals surface area contributed by atoms with Crippen molar-refractivity contribution in [2.24, 2.45) is 11.1 Å². The molecule has 7 heavy (non-hydrogen) atoms. The van der Waals surface area contributed by atoms with Crippen LogP contribution in [0.2, 0.25) is 0 Å². The standard InChI is InChI=1S/C4H5NO2/c1-2-3(5-7)4(2)6/h2-3H,1H3. The third kappa shape index (κ3) is 0.444. The zero-order valence-electron chi connectivity index (χ0n) is 3.92. The molecule has 0 radical (unpaired) electrons. The molecule has 0 heterocycles. The second-order valence-corrected chi connectivity index (χ2v) is 1.74. The minimum atomic E-state index is -0.500.